The van der Waals surface area contributed by atoms with E-state index in [1.807, 2.05) is 0 Å². The van der Waals surface area contributed by atoms with E-state index < -0.39 is 55.8 Å². The van der Waals surface area contributed by atoms with Crippen LogP contribution >= 0.6 is 11.3 Å². The van der Waals surface area contributed by atoms with Gasteiger partial charge in [0, 0.05) is 17.7 Å². The highest BCUT2D eigenvalue weighted by molar-refractivity contribution is 7.91. The molecule has 1 aromatic heterocycles. The van der Waals surface area contributed by atoms with E-state index in [0.29, 0.717) is 29.5 Å². The minimum atomic E-state index is -4.47. The number of amidine groups is 1. The van der Waals surface area contributed by atoms with Gasteiger partial charge in [0.05, 0.1) is 5.41 Å². The number of nitrogens with one attached hydrogen (secondary N) is 3. The molecule has 3 N–H and O–H groups in total. The summed E-state index contributed by atoms with van der Waals surface area (Å²) in [6.45, 7) is 7.30. The summed E-state index contributed by atoms with van der Waals surface area (Å²) in [7, 11) is -8.91. The highest BCUT2D eigenvalue weighted by atomic mass is 32.2. The van der Waals surface area contributed by atoms with Crippen LogP contribution in [0, 0.1) is 11.3 Å². The van der Waals surface area contributed by atoms with Gasteiger partial charge in [-0.25, -0.2) is 9.52 Å². The van der Waals surface area contributed by atoms with Crippen molar-refractivity contribution in [1.82, 2.24) is 9.44 Å². The van der Waals surface area contributed by atoms with Crippen molar-refractivity contribution in [2.24, 2.45) is 15.7 Å². The Morgan fingerprint density at radius 1 is 1.09 bits per heavy atom. The second-order valence-electron chi connectivity index (χ2n) is 12.6. The van der Waals surface area contributed by atoms with Gasteiger partial charge >= 0.3 is 16.3 Å². The number of fused-ring (bicyclic) bond motifs is 2. The van der Waals surface area contributed by atoms with E-state index in [9.17, 15) is 31.2 Å². The van der Waals surface area contributed by atoms with Gasteiger partial charge in [-0.15, -0.1) is 15.7 Å². The first-order chi connectivity index (χ1) is 21.5. The molecule has 46 heavy (non-hydrogen) atoms. The van der Waals surface area contributed by atoms with Crippen LogP contribution in [0.25, 0.3) is 0 Å². The predicted molar refractivity (Wildman–Crippen MR) is 173 cm³/mol. The Morgan fingerprint density at radius 2 is 1.76 bits per heavy atom. The molecule has 0 radical (unpaired) electrons. The van der Waals surface area contributed by atoms with E-state index >= 15 is 0 Å². The SMILES string of the molecule is CC(C)(C)CC[C@@]1(C)C(=O)C(C2=NS(=O)(=O)c3c(CNS(=O)(=O)NC(=O)OCc4ccccc4)csc3N2)C(=O)c2ccccc21. The van der Waals surface area contributed by atoms with Crippen molar-refractivity contribution in [1.29, 1.82) is 0 Å². The molecule has 2 heterocycles. The number of anilines is 1. The number of hydrogen-bond acceptors (Lipinski definition) is 10. The first-order valence-corrected chi connectivity index (χ1v) is 18.2. The quantitative estimate of drug-likeness (QED) is 0.270. The van der Waals surface area contributed by atoms with Gasteiger partial charge in [0.15, 0.2) is 11.6 Å². The third kappa shape index (κ3) is 6.92. The number of amides is 1. The third-order valence-electron chi connectivity index (χ3n) is 7.92. The first-order valence-electron chi connectivity index (χ1n) is 14.4. The fourth-order valence-electron chi connectivity index (χ4n) is 5.42. The van der Waals surface area contributed by atoms with Gasteiger partial charge in [0.1, 0.15) is 28.3 Å². The summed E-state index contributed by atoms with van der Waals surface area (Å²) >= 11 is 0.953. The predicted octanol–water partition coefficient (Wildman–Crippen LogP) is 4.69. The Labute approximate surface area is 271 Å². The lowest BCUT2D eigenvalue weighted by atomic mass is 9.62. The lowest BCUT2D eigenvalue weighted by Gasteiger charge is -2.39. The van der Waals surface area contributed by atoms with Gasteiger partial charge in [0.25, 0.3) is 10.0 Å². The Kier molecular flexibility index (Phi) is 8.98. The summed E-state index contributed by atoms with van der Waals surface area (Å²) < 4.78 is 64.7. The summed E-state index contributed by atoms with van der Waals surface area (Å²) in [5, 5.41) is 4.39. The van der Waals surface area contributed by atoms with Crippen molar-refractivity contribution in [2.45, 2.75) is 64.0 Å². The van der Waals surface area contributed by atoms with Crippen LogP contribution in [-0.2, 0) is 48.3 Å². The van der Waals surface area contributed by atoms with E-state index in [1.165, 1.54) is 5.38 Å². The topological polar surface area (TPSA) is 177 Å². The Hall–Kier alpha value is -3.92. The molecule has 0 spiro atoms. The Morgan fingerprint density at radius 3 is 2.46 bits per heavy atom. The van der Waals surface area contributed by atoms with Crippen LogP contribution in [0.2, 0.25) is 0 Å². The van der Waals surface area contributed by atoms with Gasteiger partial charge in [0.2, 0.25) is 0 Å². The highest BCUT2D eigenvalue weighted by Gasteiger charge is 2.52. The number of Topliss-reactive ketones (excluding diaryl/α,β-unsaturated/α-hetero) is 2. The standard InChI is InChI=1S/C31H34N4O8S3/c1-30(2,3)14-15-31(4)22-13-9-8-12-21(22)24(36)23(26(31)37)27-33-28-25(45(39,40)34-27)20(18-44-28)16-32-46(41,42)35-29(38)43-17-19-10-6-5-7-11-19/h5-13,18,23,32H,14-17H2,1-4H3,(H,33,34)(H,35,38)/t23?,31-/m1/s1. The van der Waals surface area contributed by atoms with Crippen LogP contribution in [0.15, 0.2) is 69.3 Å². The number of carbonyl (C=O) groups is 3. The molecule has 1 aliphatic carbocycles. The molecule has 0 bridgehead atoms. The second kappa shape index (κ2) is 12.4. The van der Waals surface area contributed by atoms with Crippen molar-refractivity contribution < 1.29 is 36.0 Å². The van der Waals surface area contributed by atoms with Gasteiger partial charge in [-0.05, 0) is 41.7 Å². The molecular weight excluding hydrogens is 653 g/mol. The number of rotatable bonds is 9. The molecule has 5 rings (SSSR count). The van der Waals surface area contributed by atoms with Crippen LogP contribution in [0.4, 0.5) is 9.80 Å². The molecule has 12 nitrogen and oxygen atoms in total. The summed E-state index contributed by atoms with van der Waals surface area (Å²) in [5.74, 6) is -2.76. The monoisotopic (exact) mass is 686 g/mol. The number of sulfonamides is 1. The number of ketones is 2. The third-order valence-corrected chi connectivity index (χ3v) is 11.4. The van der Waals surface area contributed by atoms with Gasteiger partial charge in [-0.1, -0.05) is 75.4 Å². The van der Waals surface area contributed by atoms with Crippen molar-refractivity contribution in [3.05, 3.63) is 82.2 Å². The maximum atomic E-state index is 14.1. The Balaban J connectivity index is 1.35. The first kappa shape index (κ1) is 33.4. The van der Waals surface area contributed by atoms with Crippen molar-refractivity contribution in [3.8, 4) is 0 Å². The van der Waals surface area contributed by atoms with Crippen LogP contribution in [-0.4, -0.2) is 40.3 Å². The fraction of sp³-hybridized carbons (Fsp3) is 0.355. The molecule has 2 aromatic carbocycles. The van der Waals surface area contributed by atoms with Crippen LogP contribution < -0.4 is 14.8 Å². The number of thiophene rings is 1. The second-order valence-corrected chi connectivity index (χ2v) is 16.5. The highest BCUT2D eigenvalue weighted by Crippen LogP contribution is 2.44. The average Bonchev–Trinajstić information content (AvgIpc) is 3.41. The molecule has 1 unspecified atom stereocenters. The number of nitrogens with zero attached hydrogens (tertiary/aromatic N) is 1. The number of carbonyl (C=O) groups excluding carboxylic acids is 3. The minimum Gasteiger partial charge on any atom is -0.444 e. The smallest absolute Gasteiger partial charge is 0.422 e. The molecule has 1 aliphatic heterocycles. The molecule has 3 aromatic rings. The summed E-state index contributed by atoms with van der Waals surface area (Å²) in [4.78, 5) is 39.6. The summed E-state index contributed by atoms with van der Waals surface area (Å²) in [5.41, 5.74) is 0.494. The van der Waals surface area contributed by atoms with Crippen molar-refractivity contribution in [2.75, 3.05) is 5.32 Å². The molecule has 244 valence electrons. The van der Waals surface area contributed by atoms with Crippen LogP contribution in [0.5, 0.6) is 0 Å². The minimum absolute atomic E-state index is 0.0555. The van der Waals surface area contributed by atoms with Crippen molar-refractivity contribution >= 4 is 60.1 Å². The van der Waals surface area contributed by atoms with Gasteiger partial charge in [-0.2, -0.15) is 21.6 Å². The molecule has 0 fully saturated rings. The van der Waals surface area contributed by atoms with Crippen LogP contribution in [0.3, 0.4) is 0 Å². The lowest BCUT2D eigenvalue weighted by molar-refractivity contribution is -0.125. The van der Waals surface area contributed by atoms with Crippen LogP contribution in [0.1, 0.15) is 67.6 Å². The zero-order valence-electron chi connectivity index (χ0n) is 25.6. The Bertz CT molecular complexity index is 1950. The summed E-state index contributed by atoms with van der Waals surface area (Å²) in [6.07, 6.45) is -0.0973. The zero-order chi connectivity index (χ0) is 33.5. The largest absolute Gasteiger partial charge is 0.444 e. The normalized spacial score (nSPS) is 20.6. The molecule has 1 amide bonds. The molecule has 2 atom stereocenters. The van der Waals surface area contributed by atoms with Gasteiger partial charge < -0.3 is 10.1 Å². The molecule has 15 heteroatoms. The fourth-order valence-corrected chi connectivity index (χ4v) is 8.76. The maximum Gasteiger partial charge on any atom is 0.422 e. The average molecular weight is 687 g/mol. The van der Waals surface area contributed by atoms with E-state index in [2.05, 4.69) is 35.2 Å². The number of ether oxygens (including phenoxy) is 1. The van der Waals surface area contributed by atoms with Gasteiger partial charge in [-0.3, -0.25) is 9.59 Å². The van der Waals surface area contributed by atoms with E-state index in [1.54, 1.807) is 66.2 Å². The molecule has 0 saturated heterocycles. The zero-order valence-corrected chi connectivity index (χ0v) is 28.1. The lowest BCUT2D eigenvalue weighted by Crippen LogP contribution is -2.51. The van der Waals surface area contributed by atoms with E-state index in [0.717, 1.165) is 11.3 Å². The maximum absolute atomic E-state index is 14.1. The molecule has 2 aliphatic rings. The molecule has 0 saturated carbocycles. The summed E-state index contributed by atoms with van der Waals surface area (Å²) in [6, 6.07) is 15.5. The number of benzene rings is 2. The molecular formula is C31H34N4O8S3. The number of hydrogen-bond donors (Lipinski definition) is 3. The van der Waals surface area contributed by atoms with E-state index in [4.69, 9.17) is 4.74 Å². The van der Waals surface area contributed by atoms with E-state index in [-0.39, 0.29) is 33.3 Å². The van der Waals surface area contributed by atoms with Crippen molar-refractivity contribution in [3.63, 3.8) is 0 Å².